The van der Waals surface area contributed by atoms with Gasteiger partial charge >= 0.3 is 0 Å². The molecule has 2 amide bonds. The van der Waals surface area contributed by atoms with E-state index in [1.165, 1.54) is 23.5 Å². The number of rotatable bonds is 4. The van der Waals surface area contributed by atoms with E-state index in [9.17, 15) is 14.0 Å². The first-order chi connectivity index (χ1) is 12.0. The SMILES string of the molecule is Cc1nc(-c2ccc(F)cc2)sc1C(=O)N1CCCC[C@H]1CC(N)=O. The number of primary amides is 1. The summed E-state index contributed by atoms with van der Waals surface area (Å²) in [6, 6.07) is 5.91. The normalized spacial score (nSPS) is 17.5. The van der Waals surface area contributed by atoms with E-state index in [1.54, 1.807) is 24.0 Å². The van der Waals surface area contributed by atoms with Crippen LogP contribution in [0.4, 0.5) is 4.39 Å². The van der Waals surface area contributed by atoms with Crippen molar-refractivity contribution in [1.82, 2.24) is 9.88 Å². The number of nitrogens with zero attached hydrogens (tertiary/aromatic N) is 2. The van der Waals surface area contributed by atoms with E-state index >= 15 is 0 Å². The Balaban J connectivity index is 1.86. The minimum atomic E-state index is -0.391. The summed E-state index contributed by atoms with van der Waals surface area (Å²) in [7, 11) is 0. The number of likely N-dealkylation sites (tertiary alicyclic amines) is 1. The van der Waals surface area contributed by atoms with E-state index in [2.05, 4.69) is 4.98 Å². The van der Waals surface area contributed by atoms with Gasteiger partial charge in [0.1, 0.15) is 15.7 Å². The fourth-order valence-corrected chi connectivity index (χ4v) is 4.18. The summed E-state index contributed by atoms with van der Waals surface area (Å²) in [5.41, 5.74) is 6.76. The maximum atomic E-state index is 13.1. The highest BCUT2D eigenvalue weighted by molar-refractivity contribution is 7.17. The maximum Gasteiger partial charge on any atom is 0.266 e. The Bertz CT molecular complexity index is 788. The molecule has 132 valence electrons. The molecule has 0 radical (unpaired) electrons. The van der Waals surface area contributed by atoms with Crippen molar-refractivity contribution in [3.63, 3.8) is 0 Å². The summed E-state index contributed by atoms with van der Waals surface area (Å²) >= 11 is 1.30. The van der Waals surface area contributed by atoms with Gasteiger partial charge in [-0.1, -0.05) is 0 Å². The second kappa shape index (κ2) is 7.31. The van der Waals surface area contributed by atoms with Gasteiger partial charge in [-0.05, 0) is 50.5 Å². The van der Waals surface area contributed by atoms with Crippen LogP contribution in [0.1, 0.15) is 41.0 Å². The topological polar surface area (TPSA) is 76.3 Å². The quantitative estimate of drug-likeness (QED) is 0.909. The number of aromatic nitrogens is 1. The molecule has 1 aromatic carbocycles. The van der Waals surface area contributed by atoms with Gasteiger partial charge in [0, 0.05) is 24.6 Å². The zero-order valence-electron chi connectivity index (χ0n) is 14.0. The molecule has 1 aliphatic rings. The summed E-state index contributed by atoms with van der Waals surface area (Å²) < 4.78 is 13.1. The van der Waals surface area contributed by atoms with Crippen LogP contribution in [-0.2, 0) is 4.79 Å². The number of thiazole rings is 1. The molecule has 2 heterocycles. The number of nitrogens with two attached hydrogens (primary N) is 1. The monoisotopic (exact) mass is 361 g/mol. The molecule has 1 aromatic heterocycles. The lowest BCUT2D eigenvalue weighted by atomic mass is 9.98. The molecule has 1 aliphatic heterocycles. The third-order valence-corrected chi connectivity index (χ3v) is 5.60. The van der Waals surface area contributed by atoms with Gasteiger partial charge in [0.05, 0.1) is 5.69 Å². The molecule has 0 spiro atoms. The maximum absolute atomic E-state index is 13.1. The average molecular weight is 361 g/mol. The summed E-state index contributed by atoms with van der Waals surface area (Å²) in [5.74, 6) is -0.803. The van der Waals surface area contributed by atoms with Crippen molar-refractivity contribution in [2.24, 2.45) is 5.73 Å². The molecule has 3 rings (SSSR count). The van der Waals surface area contributed by atoms with E-state index in [1.807, 2.05) is 0 Å². The molecule has 0 bridgehead atoms. The summed E-state index contributed by atoms with van der Waals surface area (Å²) in [5, 5.41) is 0.685. The molecular weight excluding hydrogens is 341 g/mol. The number of halogens is 1. The number of hydrogen-bond donors (Lipinski definition) is 1. The Kier molecular flexibility index (Phi) is 5.13. The highest BCUT2D eigenvalue weighted by Crippen LogP contribution is 2.31. The largest absolute Gasteiger partial charge is 0.370 e. The van der Waals surface area contributed by atoms with Gasteiger partial charge in [0.25, 0.3) is 5.91 Å². The molecule has 2 aromatic rings. The minimum Gasteiger partial charge on any atom is -0.370 e. The number of carbonyl (C=O) groups is 2. The van der Waals surface area contributed by atoms with Gasteiger partial charge in [-0.15, -0.1) is 11.3 Å². The Morgan fingerprint density at radius 3 is 2.72 bits per heavy atom. The summed E-state index contributed by atoms with van der Waals surface area (Å²) in [6.45, 7) is 2.42. The number of aryl methyl sites for hydroxylation is 1. The van der Waals surface area contributed by atoms with Gasteiger partial charge in [-0.3, -0.25) is 9.59 Å². The molecule has 25 heavy (non-hydrogen) atoms. The average Bonchev–Trinajstić information content (AvgIpc) is 2.96. The molecule has 5 nitrogen and oxygen atoms in total. The fourth-order valence-electron chi connectivity index (χ4n) is 3.15. The van der Waals surface area contributed by atoms with Crippen LogP contribution >= 0.6 is 11.3 Å². The fraction of sp³-hybridized carbons (Fsp3) is 0.389. The first-order valence-corrected chi connectivity index (χ1v) is 9.10. The standard InChI is InChI=1S/C18H20FN3O2S/c1-11-16(25-17(21-11)12-5-7-13(19)8-6-12)18(24)22-9-3-2-4-14(22)10-15(20)23/h5-8,14H,2-4,9-10H2,1H3,(H2,20,23)/t14-/m0/s1. The second-order valence-electron chi connectivity index (χ2n) is 6.26. The Hall–Kier alpha value is -2.28. The van der Waals surface area contributed by atoms with Gasteiger partial charge < -0.3 is 10.6 Å². The molecule has 0 saturated carbocycles. The molecule has 0 unspecified atom stereocenters. The lowest BCUT2D eigenvalue weighted by Gasteiger charge is -2.35. The van der Waals surface area contributed by atoms with Crippen LogP contribution in [0.2, 0.25) is 0 Å². The second-order valence-corrected chi connectivity index (χ2v) is 7.26. The van der Waals surface area contributed by atoms with Crippen molar-refractivity contribution >= 4 is 23.2 Å². The first kappa shape index (κ1) is 17.5. The molecule has 1 atom stereocenters. The van der Waals surface area contributed by atoms with Crippen LogP contribution in [0.15, 0.2) is 24.3 Å². The van der Waals surface area contributed by atoms with Gasteiger partial charge in [-0.2, -0.15) is 0 Å². The molecule has 1 saturated heterocycles. The molecule has 7 heteroatoms. The number of carbonyl (C=O) groups excluding carboxylic acids is 2. The van der Waals surface area contributed by atoms with Crippen LogP contribution < -0.4 is 5.73 Å². The van der Waals surface area contributed by atoms with Crippen LogP contribution in [0.25, 0.3) is 10.6 Å². The highest BCUT2D eigenvalue weighted by atomic mass is 32.1. The third-order valence-electron chi connectivity index (χ3n) is 4.41. The van der Waals surface area contributed by atoms with Crippen molar-refractivity contribution in [3.05, 3.63) is 40.7 Å². The molecule has 0 aliphatic carbocycles. The van der Waals surface area contributed by atoms with Gasteiger partial charge in [-0.25, -0.2) is 9.37 Å². The van der Waals surface area contributed by atoms with E-state index in [0.29, 0.717) is 22.1 Å². The molecular formula is C18H20FN3O2S. The van der Waals surface area contributed by atoms with Crippen LogP contribution in [0.5, 0.6) is 0 Å². The Labute approximate surface area is 149 Å². The van der Waals surface area contributed by atoms with Crippen molar-refractivity contribution in [2.45, 2.75) is 38.6 Å². The van der Waals surface area contributed by atoms with Gasteiger partial charge in [0.2, 0.25) is 5.91 Å². The minimum absolute atomic E-state index is 0.102. The van der Waals surface area contributed by atoms with E-state index in [0.717, 1.165) is 24.8 Å². The van der Waals surface area contributed by atoms with Crippen molar-refractivity contribution in [2.75, 3.05) is 6.54 Å². The zero-order chi connectivity index (χ0) is 18.0. The van der Waals surface area contributed by atoms with E-state index in [4.69, 9.17) is 5.73 Å². The zero-order valence-corrected chi connectivity index (χ0v) is 14.8. The Morgan fingerprint density at radius 2 is 2.04 bits per heavy atom. The van der Waals surface area contributed by atoms with Crippen molar-refractivity contribution in [3.8, 4) is 10.6 Å². The number of hydrogen-bond acceptors (Lipinski definition) is 4. The third kappa shape index (κ3) is 3.87. The Morgan fingerprint density at radius 1 is 1.32 bits per heavy atom. The van der Waals surface area contributed by atoms with Crippen LogP contribution in [-0.4, -0.2) is 34.3 Å². The van der Waals surface area contributed by atoms with Crippen molar-refractivity contribution in [1.29, 1.82) is 0 Å². The smallest absolute Gasteiger partial charge is 0.266 e. The predicted molar refractivity (Wildman–Crippen MR) is 94.7 cm³/mol. The lowest BCUT2D eigenvalue weighted by molar-refractivity contribution is -0.119. The first-order valence-electron chi connectivity index (χ1n) is 8.28. The molecule has 1 fully saturated rings. The van der Waals surface area contributed by atoms with Gasteiger partial charge in [0.15, 0.2) is 0 Å². The van der Waals surface area contributed by atoms with Crippen LogP contribution in [0, 0.1) is 12.7 Å². The number of benzene rings is 1. The summed E-state index contributed by atoms with van der Waals surface area (Å²) in [4.78, 5) is 31.1. The molecule has 2 N–H and O–H groups in total. The summed E-state index contributed by atoms with van der Waals surface area (Å²) in [6.07, 6.45) is 2.89. The number of piperidine rings is 1. The highest BCUT2D eigenvalue weighted by Gasteiger charge is 2.30. The van der Waals surface area contributed by atoms with Crippen molar-refractivity contribution < 1.29 is 14.0 Å². The lowest BCUT2D eigenvalue weighted by Crippen LogP contribution is -2.45. The van der Waals surface area contributed by atoms with E-state index < -0.39 is 5.91 Å². The number of amides is 2. The van der Waals surface area contributed by atoms with Crippen LogP contribution in [0.3, 0.4) is 0 Å². The van der Waals surface area contributed by atoms with E-state index in [-0.39, 0.29) is 24.2 Å². The predicted octanol–water partition coefficient (Wildman–Crippen LogP) is 3.13.